The van der Waals surface area contributed by atoms with Crippen molar-refractivity contribution in [3.05, 3.63) is 48.7 Å². The highest BCUT2D eigenvalue weighted by atomic mass is 16.2. The van der Waals surface area contributed by atoms with Crippen molar-refractivity contribution in [3.8, 4) is 0 Å². The average molecular weight is 322 g/mol. The number of nitrogens with one attached hydrogen (secondary N) is 2. The van der Waals surface area contributed by atoms with Gasteiger partial charge in [0.15, 0.2) is 0 Å². The van der Waals surface area contributed by atoms with Crippen LogP contribution in [-0.2, 0) is 0 Å². The number of carbonyl (C=O) groups is 1. The van der Waals surface area contributed by atoms with E-state index in [0.29, 0.717) is 6.54 Å². The van der Waals surface area contributed by atoms with E-state index in [-0.39, 0.29) is 12.1 Å². The number of rotatable bonds is 2. The number of fused-ring (bicyclic) bond motifs is 1. The minimum absolute atomic E-state index is 0.0656. The summed E-state index contributed by atoms with van der Waals surface area (Å²) < 4.78 is 0. The van der Waals surface area contributed by atoms with Crippen molar-refractivity contribution >= 4 is 22.6 Å². The van der Waals surface area contributed by atoms with Gasteiger partial charge in [0.2, 0.25) is 0 Å². The number of para-hydroxylation sites is 1. The molecule has 2 amide bonds. The first kappa shape index (κ1) is 14.6. The van der Waals surface area contributed by atoms with Crippen molar-refractivity contribution in [2.75, 3.05) is 11.9 Å². The van der Waals surface area contributed by atoms with E-state index in [1.807, 2.05) is 35.2 Å². The summed E-state index contributed by atoms with van der Waals surface area (Å²) in [5, 5.41) is 10.8. The molecule has 3 heterocycles. The van der Waals surface area contributed by atoms with Crippen molar-refractivity contribution in [1.29, 1.82) is 0 Å². The van der Waals surface area contributed by atoms with Crippen LogP contribution in [0, 0.1) is 0 Å². The number of anilines is 1. The third-order valence-electron chi connectivity index (χ3n) is 4.39. The SMILES string of the molecule is O=C(Nc1cccc2cccnc12)N1CCCC[C@@H]1c1ncn[nH]1. The number of hydrogen-bond donors (Lipinski definition) is 2. The molecule has 7 heteroatoms. The Labute approximate surface area is 139 Å². The van der Waals surface area contributed by atoms with Gasteiger partial charge >= 0.3 is 6.03 Å². The van der Waals surface area contributed by atoms with Gasteiger partial charge in [-0.05, 0) is 31.4 Å². The molecule has 3 aromatic rings. The Hall–Kier alpha value is -2.96. The maximum absolute atomic E-state index is 12.8. The third-order valence-corrected chi connectivity index (χ3v) is 4.39. The first-order valence-electron chi connectivity index (χ1n) is 8.09. The fourth-order valence-electron chi connectivity index (χ4n) is 3.23. The number of pyridine rings is 1. The van der Waals surface area contributed by atoms with Gasteiger partial charge in [-0.15, -0.1) is 0 Å². The molecule has 0 saturated carbocycles. The molecule has 7 nitrogen and oxygen atoms in total. The van der Waals surface area contributed by atoms with Gasteiger partial charge in [-0.3, -0.25) is 10.1 Å². The monoisotopic (exact) mass is 322 g/mol. The number of urea groups is 1. The largest absolute Gasteiger partial charge is 0.322 e. The Kier molecular flexibility index (Phi) is 3.82. The molecular formula is C17H18N6O. The zero-order valence-corrected chi connectivity index (χ0v) is 13.1. The average Bonchev–Trinajstić information content (AvgIpc) is 3.16. The second kappa shape index (κ2) is 6.27. The summed E-state index contributed by atoms with van der Waals surface area (Å²) in [5.41, 5.74) is 1.52. The van der Waals surface area contributed by atoms with Gasteiger partial charge < -0.3 is 10.2 Å². The highest BCUT2D eigenvalue weighted by Gasteiger charge is 2.30. The van der Waals surface area contributed by atoms with Gasteiger partial charge in [-0.25, -0.2) is 9.78 Å². The van der Waals surface area contributed by atoms with Crippen molar-refractivity contribution in [3.63, 3.8) is 0 Å². The molecule has 1 saturated heterocycles. The molecular weight excluding hydrogens is 304 g/mol. The molecule has 2 aromatic heterocycles. The van der Waals surface area contributed by atoms with E-state index < -0.39 is 0 Å². The molecule has 0 spiro atoms. The Morgan fingerprint density at radius 2 is 2.12 bits per heavy atom. The van der Waals surface area contributed by atoms with Crippen molar-refractivity contribution in [2.24, 2.45) is 0 Å². The second-order valence-corrected chi connectivity index (χ2v) is 5.89. The smallest absolute Gasteiger partial charge is 0.314 e. The molecule has 122 valence electrons. The molecule has 0 bridgehead atoms. The van der Waals surface area contributed by atoms with Crippen LogP contribution in [0.15, 0.2) is 42.9 Å². The van der Waals surface area contributed by atoms with E-state index in [1.165, 1.54) is 6.33 Å². The normalized spacial score (nSPS) is 17.8. The predicted octanol–water partition coefficient (Wildman–Crippen LogP) is 3.11. The fourth-order valence-corrected chi connectivity index (χ4v) is 3.23. The summed E-state index contributed by atoms with van der Waals surface area (Å²) >= 11 is 0. The third kappa shape index (κ3) is 2.68. The van der Waals surface area contributed by atoms with Gasteiger partial charge in [-0.1, -0.05) is 18.2 Å². The van der Waals surface area contributed by atoms with E-state index in [0.717, 1.165) is 41.7 Å². The molecule has 1 aromatic carbocycles. The number of likely N-dealkylation sites (tertiary alicyclic amines) is 1. The molecule has 1 atom stereocenters. The fraction of sp³-hybridized carbons (Fsp3) is 0.294. The number of aromatic nitrogens is 4. The van der Waals surface area contributed by atoms with Crippen LogP contribution in [-0.4, -0.2) is 37.6 Å². The van der Waals surface area contributed by atoms with E-state index in [9.17, 15) is 4.79 Å². The summed E-state index contributed by atoms with van der Waals surface area (Å²) in [7, 11) is 0. The lowest BCUT2D eigenvalue weighted by atomic mass is 10.0. The van der Waals surface area contributed by atoms with Gasteiger partial charge in [-0.2, -0.15) is 5.10 Å². The first-order valence-corrected chi connectivity index (χ1v) is 8.09. The van der Waals surface area contributed by atoms with E-state index >= 15 is 0 Å². The standard InChI is InChI=1S/C17H18N6O/c24-17(21-13-7-3-5-12-6-4-9-18-15(12)13)23-10-2-1-8-14(23)16-19-11-20-22-16/h3-7,9,11,14H,1-2,8,10H2,(H,21,24)(H,19,20,22)/t14-/m1/s1. The minimum atomic E-state index is -0.130. The van der Waals surface area contributed by atoms with Crippen LogP contribution in [0.3, 0.4) is 0 Å². The highest BCUT2D eigenvalue weighted by molar-refractivity contribution is 5.99. The second-order valence-electron chi connectivity index (χ2n) is 5.89. The van der Waals surface area contributed by atoms with Gasteiger partial charge in [0.1, 0.15) is 12.2 Å². The number of piperidine rings is 1. The van der Waals surface area contributed by atoms with Gasteiger partial charge in [0.25, 0.3) is 0 Å². The molecule has 0 radical (unpaired) electrons. The van der Waals surface area contributed by atoms with Crippen LogP contribution in [0.25, 0.3) is 10.9 Å². The van der Waals surface area contributed by atoms with Gasteiger partial charge in [0.05, 0.1) is 17.2 Å². The Morgan fingerprint density at radius 1 is 1.21 bits per heavy atom. The van der Waals surface area contributed by atoms with E-state index in [2.05, 4.69) is 25.5 Å². The summed E-state index contributed by atoms with van der Waals surface area (Å²) in [6.45, 7) is 0.704. The number of hydrogen-bond acceptors (Lipinski definition) is 4. The zero-order chi connectivity index (χ0) is 16.4. The van der Waals surface area contributed by atoms with Crippen molar-refractivity contribution in [1.82, 2.24) is 25.1 Å². The van der Waals surface area contributed by atoms with Crippen LogP contribution in [0.5, 0.6) is 0 Å². The Balaban J connectivity index is 1.60. The quantitative estimate of drug-likeness (QED) is 0.759. The molecule has 0 unspecified atom stereocenters. The number of aromatic amines is 1. The van der Waals surface area contributed by atoms with E-state index in [1.54, 1.807) is 6.20 Å². The lowest BCUT2D eigenvalue weighted by Gasteiger charge is -2.34. The van der Waals surface area contributed by atoms with Crippen molar-refractivity contribution < 1.29 is 4.79 Å². The lowest BCUT2D eigenvalue weighted by Crippen LogP contribution is -2.41. The Morgan fingerprint density at radius 3 is 3.00 bits per heavy atom. The molecule has 24 heavy (non-hydrogen) atoms. The van der Waals surface area contributed by atoms with E-state index in [4.69, 9.17) is 0 Å². The summed E-state index contributed by atoms with van der Waals surface area (Å²) in [6.07, 6.45) is 6.16. The number of H-pyrrole nitrogens is 1. The minimum Gasteiger partial charge on any atom is -0.314 e. The molecule has 2 N–H and O–H groups in total. The zero-order valence-electron chi connectivity index (χ0n) is 13.1. The summed E-state index contributed by atoms with van der Waals surface area (Å²) in [4.78, 5) is 23.3. The molecule has 1 aliphatic heterocycles. The lowest BCUT2D eigenvalue weighted by molar-refractivity contribution is 0.159. The Bertz CT molecular complexity index is 842. The van der Waals surface area contributed by atoms with Crippen molar-refractivity contribution in [2.45, 2.75) is 25.3 Å². The van der Waals surface area contributed by atoms with Crippen LogP contribution in [0.4, 0.5) is 10.5 Å². The number of nitrogens with zero attached hydrogens (tertiary/aromatic N) is 4. The number of benzene rings is 1. The number of amides is 2. The topological polar surface area (TPSA) is 86.8 Å². The first-order chi connectivity index (χ1) is 11.8. The molecule has 0 aliphatic carbocycles. The number of carbonyl (C=O) groups excluding carboxylic acids is 1. The van der Waals surface area contributed by atoms with Crippen LogP contribution in [0.1, 0.15) is 31.1 Å². The molecule has 4 rings (SSSR count). The maximum Gasteiger partial charge on any atom is 0.322 e. The highest BCUT2D eigenvalue weighted by Crippen LogP contribution is 2.29. The maximum atomic E-state index is 12.8. The molecule has 1 fully saturated rings. The van der Waals surface area contributed by atoms with Crippen LogP contribution >= 0.6 is 0 Å². The predicted molar refractivity (Wildman–Crippen MR) is 90.4 cm³/mol. The van der Waals surface area contributed by atoms with Crippen LogP contribution in [0.2, 0.25) is 0 Å². The van der Waals surface area contributed by atoms with Gasteiger partial charge in [0, 0.05) is 18.1 Å². The summed E-state index contributed by atoms with van der Waals surface area (Å²) in [5.74, 6) is 0.737. The van der Waals surface area contributed by atoms with Crippen LogP contribution < -0.4 is 5.32 Å². The summed E-state index contributed by atoms with van der Waals surface area (Å²) in [6, 6.07) is 9.45. The molecule has 1 aliphatic rings.